The van der Waals surface area contributed by atoms with Crippen molar-refractivity contribution in [2.45, 2.75) is 61.0 Å². The van der Waals surface area contributed by atoms with E-state index in [4.69, 9.17) is 27.3 Å². The fourth-order valence-electron chi connectivity index (χ4n) is 4.45. The van der Waals surface area contributed by atoms with Gasteiger partial charge in [-0.1, -0.05) is 35.5 Å². The molecule has 2 aromatic heterocycles. The molecule has 3 N–H and O–H groups in total. The molecule has 0 unspecified atom stereocenters. The lowest BCUT2D eigenvalue weighted by Crippen LogP contribution is -2.40. The van der Waals surface area contributed by atoms with Crippen molar-refractivity contribution < 1.29 is 5.11 Å². The number of nitrogen functional groups attached to an aromatic ring is 1. The van der Waals surface area contributed by atoms with Crippen LogP contribution in [-0.4, -0.2) is 33.1 Å². The van der Waals surface area contributed by atoms with Gasteiger partial charge in [0.2, 0.25) is 0 Å². The van der Waals surface area contributed by atoms with Gasteiger partial charge in [0.15, 0.2) is 5.82 Å². The average Bonchev–Trinajstić information content (AvgIpc) is 3.33. The number of anilines is 2. The zero-order valence-corrected chi connectivity index (χ0v) is 18.6. The maximum Gasteiger partial charge on any atom is 0.153 e. The summed E-state index contributed by atoms with van der Waals surface area (Å²) in [4.78, 5) is 17.0. The molecule has 0 bridgehead atoms. The lowest BCUT2D eigenvalue weighted by atomic mass is 9.76. The van der Waals surface area contributed by atoms with Crippen molar-refractivity contribution in [2.24, 2.45) is 5.41 Å². The second-order valence-corrected chi connectivity index (χ2v) is 10.2. The molecule has 30 heavy (non-hydrogen) atoms. The molecule has 158 valence electrons. The van der Waals surface area contributed by atoms with Crippen molar-refractivity contribution in [3.05, 3.63) is 40.8 Å². The van der Waals surface area contributed by atoms with E-state index in [1.54, 1.807) is 6.20 Å². The summed E-state index contributed by atoms with van der Waals surface area (Å²) in [5.74, 6) is 1.14. The Morgan fingerprint density at radius 3 is 2.50 bits per heavy atom. The van der Waals surface area contributed by atoms with E-state index in [1.807, 2.05) is 13.0 Å². The van der Waals surface area contributed by atoms with Gasteiger partial charge in [0.05, 0.1) is 10.7 Å². The van der Waals surface area contributed by atoms with Gasteiger partial charge in [-0.3, -0.25) is 0 Å². The number of allylic oxidation sites excluding steroid dienone is 2. The number of hydrogen-bond donors (Lipinski definition) is 2. The molecule has 0 atom stereocenters. The van der Waals surface area contributed by atoms with E-state index < -0.39 is 5.60 Å². The van der Waals surface area contributed by atoms with Gasteiger partial charge < -0.3 is 15.7 Å². The van der Waals surface area contributed by atoms with Crippen molar-refractivity contribution >= 4 is 35.0 Å². The van der Waals surface area contributed by atoms with Crippen LogP contribution in [0.1, 0.15) is 49.9 Å². The Bertz CT molecular complexity index is 1000. The number of piperidine rings is 1. The molecule has 6 nitrogen and oxygen atoms in total. The van der Waals surface area contributed by atoms with E-state index in [-0.39, 0.29) is 0 Å². The summed E-state index contributed by atoms with van der Waals surface area (Å²) < 4.78 is 0. The topological polar surface area (TPSA) is 88.2 Å². The van der Waals surface area contributed by atoms with Gasteiger partial charge in [0.25, 0.3) is 0 Å². The number of rotatable bonds is 4. The molecule has 1 saturated heterocycles. The van der Waals surface area contributed by atoms with Crippen LogP contribution in [0.5, 0.6) is 0 Å². The van der Waals surface area contributed by atoms with Crippen molar-refractivity contribution in [3.8, 4) is 0 Å². The highest BCUT2D eigenvalue weighted by atomic mass is 35.5. The number of nitrogens with two attached hydrogens (primary N) is 1. The maximum absolute atomic E-state index is 11.0. The van der Waals surface area contributed by atoms with E-state index in [0.717, 1.165) is 60.2 Å². The predicted octanol–water partition coefficient (Wildman–Crippen LogP) is 4.48. The third-order valence-electron chi connectivity index (χ3n) is 6.65. The zero-order chi connectivity index (χ0) is 20.9. The Balaban J connectivity index is 1.45. The van der Waals surface area contributed by atoms with Crippen LogP contribution in [-0.2, 0) is 5.60 Å². The standard InChI is InChI=1S/C22H26ClN5OS/c1-14-20(30-15-4-11-25-18(24)16(15)23)27-17(22(29)7-8-22)19(26-14)28-12-9-21(10-13-28)5-2-3-6-21/h2-4,11,29H,5-10,12-13H2,1H3,(H2,24,25). The minimum absolute atomic E-state index is 0.300. The van der Waals surface area contributed by atoms with Crippen LogP contribution >= 0.6 is 23.4 Å². The summed E-state index contributed by atoms with van der Waals surface area (Å²) in [5.41, 5.74) is 6.95. The molecule has 3 aliphatic rings. The summed E-state index contributed by atoms with van der Waals surface area (Å²) >= 11 is 7.75. The lowest BCUT2D eigenvalue weighted by molar-refractivity contribution is 0.145. The monoisotopic (exact) mass is 443 g/mol. The van der Waals surface area contributed by atoms with Gasteiger partial charge in [-0.05, 0) is 56.9 Å². The van der Waals surface area contributed by atoms with Crippen LogP contribution in [0.25, 0.3) is 0 Å². The fraction of sp³-hybridized carbons (Fsp3) is 0.500. The van der Waals surface area contributed by atoms with Crippen LogP contribution in [0.2, 0.25) is 5.02 Å². The molecule has 0 amide bonds. The summed E-state index contributed by atoms with van der Waals surface area (Å²) in [7, 11) is 0. The largest absolute Gasteiger partial charge is 0.383 e. The van der Waals surface area contributed by atoms with Gasteiger partial charge in [0.1, 0.15) is 22.1 Å². The Morgan fingerprint density at radius 2 is 1.83 bits per heavy atom. The lowest BCUT2D eigenvalue weighted by Gasteiger charge is -2.40. The molecule has 1 aliphatic heterocycles. The van der Waals surface area contributed by atoms with E-state index in [9.17, 15) is 5.11 Å². The molecule has 1 spiro atoms. The number of aliphatic hydroxyl groups is 1. The highest BCUT2D eigenvalue weighted by molar-refractivity contribution is 7.99. The number of aromatic nitrogens is 3. The van der Waals surface area contributed by atoms with Gasteiger partial charge in [-0.2, -0.15) is 0 Å². The molecule has 2 fully saturated rings. The minimum Gasteiger partial charge on any atom is -0.383 e. The Kier molecular flexibility index (Phi) is 4.95. The van der Waals surface area contributed by atoms with Gasteiger partial charge >= 0.3 is 0 Å². The number of halogens is 1. The Labute approximate surface area is 186 Å². The van der Waals surface area contributed by atoms with Crippen LogP contribution in [0.4, 0.5) is 11.6 Å². The molecule has 5 rings (SSSR count). The average molecular weight is 444 g/mol. The zero-order valence-electron chi connectivity index (χ0n) is 17.1. The summed E-state index contributed by atoms with van der Waals surface area (Å²) in [6.45, 7) is 3.88. The van der Waals surface area contributed by atoms with Crippen molar-refractivity contribution in [2.75, 3.05) is 23.7 Å². The van der Waals surface area contributed by atoms with E-state index in [2.05, 4.69) is 22.0 Å². The van der Waals surface area contributed by atoms with Gasteiger partial charge in [-0.15, -0.1) is 0 Å². The molecule has 3 heterocycles. The maximum atomic E-state index is 11.0. The quantitative estimate of drug-likeness (QED) is 0.673. The summed E-state index contributed by atoms with van der Waals surface area (Å²) in [6.07, 6.45) is 12.4. The first kappa shape index (κ1) is 20.1. The number of aryl methyl sites for hydroxylation is 1. The highest BCUT2D eigenvalue weighted by Gasteiger charge is 2.47. The molecule has 0 radical (unpaired) electrons. The molecular weight excluding hydrogens is 418 g/mol. The van der Waals surface area contributed by atoms with Crippen molar-refractivity contribution in [3.63, 3.8) is 0 Å². The van der Waals surface area contributed by atoms with Crippen LogP contribution in [0, 0.1) is 12.3 Å². The van der Waals surface area contributed by atoms with Crippen LogP contribution < -0.4 is 10.6 Å². The van der Waals surface area contributed by atoms with Crippen molar-refractivity contribution in [1.82, 2.24) is 15.0 Å². The molecular formula is C22H26ClN5OS. The Hall–Kier alpha value is -1.83. The van der Waals surface area contributed by atoms with Crippen LogP contribution in [0.3, 0.4) is 0 Å². The summed E-state index contributed by atoms with van der Waals surface area (Å²) in [5, 5.41) is 12.2. The highest BCUT2D eigenvalue weighted by Crippen LogP contribution is 2.50. The first-order chi connectivity index (χ1) is 14.4. The third kappa shape index (κ3) is 3.57. The molecule has 1 saturated carbocycles. The van der Waals surface area contributed by atoms with Gasteiger partial charge in [-0.25, -0.2) is 15.0 Å². The van der Waals surface area contributed by atoms with E-state index in [0.29, 0.717) is 21.9 Å². The first-order valence-electron chi connectivity index (χ1n) is 10.5. The molecule has 0 aromatic carbocycles. The Morgan fingerprint density at radius 1 is 1.13 bits per heavy atom. The predicted molar refractivity (Wildman–Crippen MR) is 120 cm³/mol. The van der Waals surface area contributed by atoms with E-state index in [1.165, 1.54) is 24.6 Å². The van der Waals surface area contributed by atoms with Crippen LogP contribution in [0.15, 0.2) is 34.3 Å². The fourth-order valence-corrected chi connectivity index (χ4v) is 5.54. The smallest absolute Gasteiger partial charge is 0.153 e. The SMILES string of the molecule is Cc1nc(N2CCC3(CC=CC3)CC2)c(C2(O)CC2)nc1Sc1ccnc(N)c1Cl. The summed E-state index contributed by atoms with van der Waals surface area (Å²) in [6, 6.07) is 1.82. The van der Waals surface area contributed by atoms with Crippen molar-refractivity contribution in [1.29, 1.82) is 0 Å². The second kappa shape index (κ2) is 7.39. The number of nitrogens with zero attached hydrogens (tertiary/aromatic N) is 4. The third-order valence-corrected chi connectivity index (χ3v) is 8.30. The minimum atomic E-state index is -0.865. The number of pyridine rings is 1. The molecule has 2 aromatic rings. The number of hydrogen-bond acceptors (Lipinski definition) is 7. The van der Waals surface area contributed by atoms with E-state index >= 15 is 0 Å². The van der Waals surface area contributed by atoms with Gasteiger partial charge in [0, 0.05) is 24.2 Å². The first-order valence-corrected chi connectivity index (χ1v) is 11.7. The second-order valence-electron chi connectivity index (χ2n) is 8.80. The molecule has 2 aliphatic carbocycles. The normalized spacial score (nSPS) is 21.4. The molecule has 8 heteroatoms.